The molecular weight excluding hydrogens is 375 g/mol. The predicted molar refractivity (Wildman–Crippen MR) is 103 cm³/mol. The highest BCUT2D eigenvalue weighted by Gasteiger charge is 2.35. The molecule has 2 aromatic rings. The number of nitrogens with one attached hydrogen (secondary N) is 1. The molecule has 0 saturated carbocycles. The SMILES string of the molecule is CCOc1ccc(N2C[C@@H](C(=O)Nc3ccc(Cl)c(Cl)c3)CC2=O)cc1. The predicted octanol–water partition coefficient (Wildman–Crippen LogP) is 4.38. The summed E-state index contributed by atoms with van der Waals surface area (Å²) in [5.74, 6) is 0.0222. The zero-order valence-electron chi connectivity index (χ0n) is 14.2. The van der Waals surface area contributed by atoms with Gasteiger partial charge in [0.2, 0.25) is 11.8 Å². The molecule has 3 rings (SSSR count). The minimum atomic E-state index is -0.427. The van der Waals surface area contributed by atoms with Crippen molar-refractivity contribution < 1.29 is 14.3 Å². The molecule has 1 atom stereocenters. The Labute approximate surface area is 161 Å². The normalized spacial score (nSPS) is 16.7. The minimum absolute atomic E-state index is 0.0801. The van der Waals surface area contributed by atoms with Crippen molar-refractivity contribution in [3.63, 3.8) is 0 Å². The number of carbonyl (C=O) groups is 2. The number of hydrogen-bond acceptors (Lipinski definition) is 3. The Morgan fingerprint density at radius 1 is 1.19 bits per heavy atom. The monoisotopic (exact) mass is 392 g/mol. The van der Waals surface area contributed by atoms with Crippen molar-refractivity contribution in [1.29, 1.82) is 0 Å². The lowest BCUT2D eigenvalue weighted by Gasteiger charge is -2.17. The van der Waals surface area contributed by atoms with E-state index in [4.69, 9.17) is 27.9 Å². The Morgan fingerprint density at radius 3 is 2.58 bits per heavy atom. The summed E-state index contributed by atoms with van der Waals surface area (Å²) in [5.41, 5.74) is 1.31. The molecule has 1 fully saturated rings. The van der Waals surface area contributed by atoms with Crippen LogP contribution in [0.4, 0.5) is 11.4 Å². The van der Waals surface area contributed by atoms with E-state index in [1.54, 1.807) is 23.1 Å². The van der Waals surface area contributed by atoms with Gasteiger partial charge in [-0.1, -0.05) is 23.2 Å². The largest absolute Gasteiger partial charge is 0.494 e. The number of hydrogen-bond donors (Lipinski definition) is 1. The standard InChI is InChI=1S/C19H18Cl2N2O3/c1-2-26-15-6-4-14(5-7-15)23-11-12(9-18(23)24)19(25)22-13-3-8-16(20)17(21)10-13/h3-8,10,12H,2,9,11H2,1H3,(H,22,25)/t12-/m0/s1. The Bertz CT molecular complexity index is 824. The van der Waals surface area contributed by atoms with Crippen LogP contribution in [0.1, 0.15) is 13.3 Å². The zero-order valence-corrected chi connectivity index (χ0v) is 15.7. The molecule has 7 heteroatoms. The Hall–Kier alpha value is -2.24. The molecule has 5 nitrogen and oxygen atoms in total. The molecule has 1 saturated heterocycles. The molecule has 26 heavy (non-hydrogen) atoms. The van der Waals surface area contributed by atoms with Crippen LogP contribution in [0.15, 0.2) is 42.5 Å². The van der Waals surface area contributed by atoms with Crippen molar-refractivity contribution in [2.75, 3.05) is 23.4 Å². The molecule has 0 aromatic heterocycles. The van der Waals surface area contributed by atoms with E-state index in [1.807, 2.05) is 31.2 Å². The molecule has 2 amide bonds. The molecule has 136 valence electrons. The summed E-state index contributed by atoms with van der Waals surface area (Å²) in [5, 5.41) is 3.57. The molecule has 0 bridgehead atoms. The average molecular weight is 393 g/mol. The third-order valence-corrected chi connectivity index (χ3v) is 4.88. The lowest BCUT2D eigenvalue weighted by Crippen LogP contribution is -2.28. The van der Waals surface area contributed by atoms with E-state index in [9.17, 15) is 9.59 Å². The second-order valence-corrected chi connectivity index (χ2v) is 6.76. The first kappa shape index (κ1) is 18.5. The highest BCUT2D eigenvalue weighted by Crippen LogP contribution is 2.29. The van der Waals surface area contributed by atoms with Crippen LogP contribution in [0.3, 0.4) is 0 Å². The van der Waals surface area contributed by atoms with E-state index in [0.717, 1.165) is 11.4 Å². The number of amides is 2. The molecule has 0 aliphatic carbocycles. The van der Waals surface area contributed by atoms with Gasteiger partial charge >= 0.3 is 0 Å². The maximum Gasteiger partial charge on any atom is 0.229 e. The number of carbonyl (C=O) groups excluding carboxylic acids is 2. The molecule has 0 spiro atoms. The van der Waals surface area contributed by atoms with E-state index in [-0.39, 0.29) is 18.2 Å². The van der Waals surface area contributed by atoms with Gasteiger partial charge < -0.3 is 15.0 Å². The first-order valence-corrected chi connectivity index (χ1v) is 9.02. The summed E-state index contributed by atoms with van der Waals surface area (Å²) in [4.78, 5) is 26.4. The summed E-state index contributed by atoms with van der Waals surface area (Å²) in [6, 6.07) is 12.1. The lowest BCUT2D eigenvalue weighted by molar-refractivity contribution is -0.122. The van der Waals surface area contributed by atoms with Crippen LogP contribution in [0.25, 0.3) is 0 Å². The van der Waals surface area contributed by atoms with Gasteiger partial charge in [-0.2, -0.15) is 0 Å². The van der Waals surface area contributed by atoms with E-state index in [1.165, 1.54) is 0 Å². The molecule has 1 heterocycles. The number of ether oxygens (including phenoxy) is 1. The number of halogens is 2. The van der Waals surface area contributed by atoms with Crippen molar-refractivity contribution in [3.05, 3.63) is 52.5 Å². The van der Waals surface area contributed by atoms with Crippen LogP contribution in [0.2, 0.25) is 10.0 Å². The van der Waals surface area contributed by atoms with Gasteiger partial charge in [0.25, 0.3) is 0 Å². The fourth-order valence-electron chi connectivity index (χ4n) is 2.84. The van der Waals surface area contributed by atoms with Gasteiger partial charge in [-0.3, -0.25) is 9.59 Å². The molecular formula is C19H18Cl2N2O3. The zero-order chi connectivity index (χ0) is 18.7. The minimum Gasteiger partial charge on any atom is -0.494 e. The molecule has 0 unspecified atom stereocenters. The van der Waals surface area contributed by atoms with Gasteiger partial charge in [0, 0.05) is 24.3 Å². The Kier molecular flexibility index (Phi) is 5.69. The molecule has 2 aromatic carbocycles. The van der Waals surface area contributed by atoms with Crippen molar-refractivity contribution in [2.45, 2.75) is 13.3 Å². The summed E-state index contributed by atoms with van der Waals surface area (Å²) < 4.78 is 5.41. The topological polar surface area (TPSA) is 58.6 Å². The number of rotatable bonds is 5. The molecule has 0 radical (unpaired) electrons. The van der Waals surface area contributed by atoms with Crippen LogP contribution in [0.5, 0.6) is 5.75 Å². The number of nitrogens with zero attached hydrogens (tertiary/aromatic N) is 1. The molecule has 1 aliphatic rings. The second-order valence-electron chi connectivity index (χ2n) is 5.95. The number of anilines is 2. The van der Waals surface area contributed by atoms with E-state index in [0.29, 0.717) is 28.9 Å². The fraction of sp³-hybridized carbons (Fsp3) is 0.263. The lowest BCUT2D eigenvalue weighted by atomic mass is 10.1. The van der Waals surface area contributed by atoms with Gasteiger partial charge in [-0.15, -0.1) is 0 Å². The van der Waals surface area contributed by atoms with Gasteiger partial charge in [0.15, 0.2) is 0 Å². The Balaban J connectivity index is 1.66. The van der Waals surface area contributed by atoms with Gasteiger partial charge in [0.1, 0.15) is 5.75 Å². The second kappa shape index (κ2) is 7.98. The van der Waals surface area contributed by atoms with Crippen molar-refractivity contribution in [1.82, 2.24) is 0 Å². The number of benzene rings is 2. The average Bonchev–Trinajstić information content (AvgIpc) is 3.01. The van der Waals surface area contributed by atoms with Gasteiger partial charge in [-0.05, 0) is 49.4 Å². The Morgan fingerprint density at radius 2 is 1.92 bits per heavy atom. The third-order valence-electron chi connectivity index (χ3n) is 4.14. The summed E-state index contributed by atoms with van der Waals surface area (Å²) in [7, 11) is 0. The summed E-state index contributed by atoms with van der Waals surface area (Å²) >= 11 is 11.8. The van der Waals surface area contributed by atoms with Gasteiger partial charge in [-0.25, -0.2) is 0 Å². The molecule has 1 aliphatic heterocycles. The highest BCUT2D eigenvalue weighted by molar-refractivity contribution is 6.42. The van der Waals surface area contributed by atoms with Crippen molar-refractivity contribution >= 4 is 46.4 Å². The van der Waals surface area contributed by atoms with Crippen LogP contribution >= 0.6 is 23.2 Å². The first-order valence-electron chi connectivity index (χ1n) is 8.27. The van der Waals surface area contributed by atoms with Crippen molar-refractivity contribution in [3.8, 4) is 5.75 Å². The van der Waals surface area contributed by atoms with Crippen LogP contribution in [-0.4, -0.2) is 25.0 Å². The van der Waals surface area contributed by atoms with Crippen LogP contribution < -0.4 is 15.0 Å². The third kappa shape index (κ3) is 4.11. The van der Waals surface area contributed by atoms with E-state index < -0.39 is 5.92 Å². The first-order chi connectivity index (χ1) is 12.5. The van der Waals surface area contributed by atoms with Crippen LogP contribution in [-0.2, 0) is 9.59 Å². The van der Waals surface area contributed by atoms with Crippen molar-refractivity contribution in [2.24, 2.45) is 5.92 Å². The molecule has 1 N–H and O–H groups in total. The smallest absolute Gasteiger partial charge is 0.229 e. The summed E-state index contributed by atoms with van der Waals surface area (Å²) in [6.07, 6.45) is 0.167. The van der Waals surface area contributed by atoms with Crippen LogP contribution in [0, 0.1) is 5.92 Å². The highest BCUT2D eigenvalue weighted by atomic mass is 35.5. The fourth-order valence-corrected chi connectivity index (χ4v) is 3.14. The van der Waals surface area contributed by atoms with Gasteiger partial charge in [0.05, 0.1) is 22.6 Å². The maximum absolute atomic E-state index is 12.5. The summed E-state index contributed by atoms with van der Waals surface area (Å²) in [6.45, 7) is 2.83. The van der Waals surface area contributed by atoms with E-state index in [2.05, 4.69) is 5.32 Å². The van der Waals surface area contributed by atoms with E-state index >= 15 is 0 Å². The quantitative estimate of drug-likeness (QED) is 0.820. The maximum atomic E-state index is 12.5.